The third-order valence-corrected chi connectivity index (χ3v) is 4.56. The van der Waals surface area contributed by atoms with Gasteiger partial charge in [0, 0.05) is 32.3 Å². The van der Waals surface area contributed by atoms with E-state index in [0.717, 1.165) is 45.6 Å². The van der Waals surface area contributed by atoms with Crippen LogP contribution in [-0.2, 0) is 9.53 Å². The van der Waals surface area contributed by atoms with Crippen LogP contribution in [0.3, 0.4) is 0 Å². The fraction of sp³-hybridized carbons (Fsp3) is 0.933. The summed E-state index contributed by atoms with van der Waals surface area (Å²) in [5.41, 5.74) is 0. The van der Waals surface area contributed by atoms with E-state index in [0.29, 0.717) is 24.4 Å². The molecule has 0 aromatic heterocycles. The molecule has 2 fully saturated rings. The van der Waals surface area contributed by atoms with Crippen LogP contribution in [0.25, 0.3) is 0 Å². The standard InChI is InChI=1S/C15H28N2O2/c1-12-4-3-7-17(11-12)15(18)10-16-13(2)14-5-8-19-9-6-14/h12-14,16H,3-11H2,1-2H3/t12-,13+/m0/s1. The molecule has 2 rings (SSSR count). The van der Waals surface area contributed by atoms with Crippen LogP contribution in [0.4, 0.5) is 0 Å². The summed E-state index contributed by atoms with van der Waals surface area (Å²) in [7, 11) is 0. The Morgan fingerprint density at radius 2 is 2.11 bits per heavy atom. The van der Waals surface area contributed by atoms with E-state index in [2.05, 4.69) is 19.2 Å². The topological polar surface area (TPSA) is 41.6 Å². The van der Waals surface area contributed by atoms with Gasteiger partial charge in [0.15, 0.2) is 0 Å². The Hall–Kier alpha value is -0.610. The number of hydrogen-bond donors (Lipinski definition) is 1. The second-order valence-electron chi connectivity index (χ2n) is 6.21. The normalized spacial score (nSPS) is 27.3. The van der Waals surface area contributed by atoms with Gasteiger partial charge in [-0.25, -0.2) is 0 Å². The van der Waals surface area contributed by atoms with Gasteiger partial charge in [0.25, 0.3) is 0 Å². The molecule has 110 valence electrons. The first-order valence-corrected chi connectivity index (χ1v) is 7.75. The molecule has 2 aliphatic heterocycles. The molecule has 0 saturated carbocycles. The fourth-order valence-electron chi connectivity index (χ4n) is 3.16. The molecular formula is C15H28N2O2. The molecule has 19 heavy (non-hydrogen) atoms. The smallest absolute Gasteiger partial charge is 0.236 e. The predicted molar refractivity (Wildman–Crippen MR) is 76.0 cm³/mol. The molecular weight excluding hydrogens is 240 g/mol. The highest BCUT2D eigenvalue weighted by atomic mass is 16.5. The highest BCUT2D eigenvalue weighted by Crippen LogP contribution is 2.19. The van der Waals surface area contributed by atoms with Crippen LogP contribution in [0.2, 0.25) is 0 Å². The zero-order chi connectivity index (χ0) is 13.7. The van der Waals surface area contributed by atoms with Crippen molar-refractivity contribution < 1.29 is 9.53 Å². The Balaban J connectivity index is 1.70. The molecule has 0 aliphatic carbocycles. The fourth-order valence-corrected chi connectivity index (χ4v) is 3.16. The van der Waals surface area contributed by atoms with Crippen LogP contribution in [0, 0.1) is 11.8 Å². The summed E-state index contributed by atoms with van der Waals surface area (Å²) in [5, 5.41) is 3.42. The monoisotopic (exact) mass is 268 g/mol. The van der Waals surface area contributed by atoms with E-state index in [9.17, 15) is 4.79 Å². The van der Waals surface area contributed by atoms with E-state index in [1.807, 2.05) is 4.90 Å². The number of hydrogen-bond acceptors (Lipinski definition) is 3. The summed E-state index contributed by atoms with van der Waals surface area (Å²) in [6, 6.07) is 0.412. The lowest BCUT2D eigenvalue weighted by Gasteiger charge is -2.32. The lowest BCUT2D eigenvalue weighted by molar-refractivity contribution is -0.132. The first-order valence-electron chi connectivity index (χ1n) is 7.75. The van der Waals surface area contributed by atoms with E-state index in [1.165, 1.54) is 6.42 Å². The molecule has 0 radical (unpaired) electrons. The van der Waals surface area contributed by atoms with Crippen molar-refractivity contribution in [3.05, 3.63) is 0 Å². The van der Waals surface area contributed by atoms with Crippen molar-refractivity contribution in [1.82, 2.24) is 10.2 Å². The van der Waals surface area contributed by atoms with Gasteiger partial charge in [-0.2, -0.15) is 0 Å². The van der Waals surface area contributed by atoms with Gasteiger partial charge in [-0.3, -0.25) is 4.79 Å². The van der Waals surface area contributed by atoms with E-state index in [1.54, 1.807) is 0 Å². The van der Waals surface area contributed by atoms with Gasteiger partial charge < -0.3 is 15.0 Å². The Morgan fingerprint density at radius 3 is 2.79 bits per heavy atom. The van der Waals surface area contributed by atoms with Crippen molar-refractivity contribution in [2.24, 2.45) is 11.8 Å². The van der Waals surface area contributed by atoms with E-state index < -0.39 is 0 Å². The average Bonchev–Trinajstić information content (AvgIpc) is 2.45. The van der Waals surface area contributed by atoms with E-state index in [4.69, 9.17) is 4.74 Å². The number of amides is 1. The number of carbonyl (C=O) groups is 1. The quantitative estimate of drug-likeness (QED) is 0.843. The van der Waals surface area contributed by atoms with Crippen LogP contribution in [-0.4, -0.2) is 49.7 Å². The van der Waals surface area contributed by atoms with Crippen LogP contribution < -0.4 is 5.32 Å². The Morgan fingerprint density at radius 1 is 1.37 bits per heavy atom. The van der Waals surface area contributed by atoms with Crippen molar-refractivity contribution in [3.8, 4) is 0 Å². The summed E-state index contributed by atoms with van der Waals surface area (Å²) in [4.78, 5) is 14.2. The third kappa shape index (κ3) is 4.46. The van der Waals surface area contributed by atoms with Gasteiger partial charge in [-0.15, -0.1) is 0 Å². The molecule has 1 N–H and O–H groups in total. The van der Waals surface area contributed by atoms with E-state index in [-0.39, 0.29) is 5.91 Å². The number of nitrogens with zero attached hydrogens (tertiary/aromatic N) is 1. The highest BCUT2D eigenvalue weighted by Gasteiger charge is 2.23. The zero-order valence-corrected chi connectivity index (χ0v) is 12.4. The van der Waals surface area contributed by atoms with Crippen molar-refractivity contribution >= 4 is 5.91 Å². The predicted octanol–water partition coefficient (Wildman–Crippen LogP) is 1.65. The SMILES string of the molecule is C[C@H]1CCCN(C(=O)CN[C@H](C)C2CCOCC2)C1. The van der Waals surface area contributed by atoms with Gasteiger partial charge in [0.05, 0.1) is 6.54 Å². The van der Waals surface area contributed by atoms with Crippen molar-refractivity contribution in [2.45, 2.75) is 45.6 Å². The molecule has 2 saturated heterocycles. The molecule has 0 spiro atoms. The summed E-state index contributed by atoms with van der Waals surface area (Å²) >= 11 is 0. The maximum atomic E-state index is 12.2. The van der Waals surface area contributed by atoms with Gasteiger partial charge in [0.2, 0.25) is 5.91 Å². The zero-order valence-electron chi connectivity index (χ0n) is 12.4. The van der Waals surface area contributed by atoms with Gasteiger partial charge in [-0.05, 0) is 44.4 Å². The first-order chi connectivity index (χ1) is 9.16. The largest absolute Gasteiger partial charge is 0.381 e. The lowest BCUT2D eigenvalue weighted by atomic mass is 9.93. The van der Waals surface area contributed by atoms with Gasteiger partial charge >= 0.3 is 0 Å². The molecule has 4 heteroatoms. The molecule has 2 aliphatic rings. The van der Waals surface area contributed by atoms with E-state index >= 15 is 0 Å². The number of carbonyl (C=O) groups excluding carboxylic acids is 1. The number of nitrogens with one attached hydrogen (secondary N) is 1. The van der Waals surface area contributed by atoms with Crippen LogP contribution in [0.5, 0.6) is 0 Å². The summed E-state index contributed by atoms with van der Waals surface area (Å²) in [5.74, 6) is 1.58. The maximum absolute atomic E-state index is 12.2. The first kappa shape index (κ1) is 14.8. The van der Waals surface area contributed by atoms with Crippen LogP contribution in [0.15, 0.2) is 0 Å². The maximum Gasteiger partial charge on any atom is 0.236 e. The molecule has 1 amide bonds. The summed E-state index contributed by atoms with van der Waals surface area (Å²) < 4.78 is 5.38. The second-order valence-corrected chi connectivity index (χ2v) is 6.21. The number of piperidine rings is 1. The minimum Gasteiger partial charge on any atom is -0.381 e. The van der Waals surface area contributed by atoms with Gasteiger partial charge in [0.1, 0.15) is 0 Å². The molecule has 4 nitrogen and oxygen atoms in total. The molecule has 0 aromatic carbocycles. The molecule has 0 aromatic rings. The van der Waals surface area contributed by atoms with Crippen molar-refractivity contribution in [3.63, 3.8) is 0 Å². The van der Waals surface area contributed by atoms with Crippen molar-refractivity contribution in [1.29, 1.82) is 0 Å². The summed E-state index contributed by atoms with van der Waals surface area (Å²) in [6.45, 7) is 8.54. The third-order valence-electron chi connectivity index (χ3n) is 4.56. The Bertz CT molecular complexity index is 290. The van der Waals surface area contributed by atoms with Crippen LogP contribution >= 0.6 is 0 Å². The Labute approximate surface area is 116 Å². The number of ether oxygens (including phenoxy) is 1. The van der Waals surface area contributed by atoms with Gasteiger partial charge in [-0.1, -0.05) is 6.92 Å². The lowest BCUT2D eigenvalue weighted by Crippen LogP contribution is -2.46. The van der Waals surface area contributed by atoms with Crippen molar-refractivity contribution in [2.75, 3.05) is 32.8 Å². The van der Waals surface area contributed by atoms with Crippen LogP contribution in [0.1, 0.15) is 39.5 Å². The average molecular weight is 268 g/mol. The molecule has 2 heterocycles. The molecule has 0 unspecified atom stereocenters. The summed E-state index contributed by atoms with van der Waals surface area (Å²) in [6.07, 6.45) is 4.64. The second kappa shape index (κ2) is 7.25. The number of rotatable bonds is 4. The number of likely N-dealkylation sites (tertiary alicyclic amines) is 1. The molecule has 0 bridgehead atoms. The minimum absolute atomic E-state index is 0.269. The molecule has 2 atom stereocenters. The Kier molecular flexibility index (Phi) is 5.64. The minimum atomic E-state index is 0.269. The highest BCUT2D eigenvalue weighted by molar-refractivity contribution is 5.78.